The number of thiazole rings is 1. The van der Waals surface area contributed by atoms with E-state index in [1.54, 1.807) is 29.2 Å². The number of phenols is 1. The van der Waals surface area contributed by atoms with Gasteiger partial charge in [0.25, 0.3) is 0 Å². The largest absolute Gasteiger partial charge is 0.507 e. The van der Waals surface area contributed by atoms with E-state index in [0.717, 1.165) is 10.6 Å². The van der Waals surface area contributed by atoms with Gasteiger partial charge < -0.3 is 5.11 Å². The van der Waals surface area contributed by atoms with Crippen molar-refractivity contribution >= 4 is 23.1 Å². The van der Waals surface area contributed by atoms with E-state index in [-0.39, 0.29) is 0 Å². The summed E-state index contributed by atoms with van der Waals surface area (Å²) in [6, 6.07) is 7.37. The van der Waals surface area contributed by atoms with E-state index in [0.29, 0.717) is 5.75 Å². The molecule has 0 fully saturated rings. The predicted octanol–water partition coefficient (Wildman–Crippen LogP) is 3.14. The van der Waals surface area contributed by atoms with Gasteiger partial charge in [0.2, 0.25) is 0 Å². The lowest BCUT2D eigenvalue weighted by Crippen LogP contribution is -1.75. The molecule has 0 spiro atoms. The lowest BCUT2D eigenvalue weighted by Gasteiger charge is -2.01. The molecule has 1 N–H and O–H groups in total. The maximum atomic E-state index is 9.51. The Morgan fingerprint density at radius 2 is 2.21 bits per heavy atom. The summed E-state index contributed by atoms with van der Waals surface area (Å²) < 4.78 is 0. The molecule has 72 valence electrons. The summed E-state index contributed by atoms with van der Waals surface area (Å²) in [4.78, 5) is 6.14. The second-order valence-corrected chi connectivity index (χ2v) is 4.71. The lowest BCUT2D eigenvalue weighted by molar-refractivity contribution is 0.462. The number of hydrogen-bond acceptors (Lipinski definition) is 4. The molecule has 0 unspecified atom stereocenters. The fourth-order valence-corrected chi connectivity index (χ4v) is 2.63. The first-order chi connectivity index (χ1) is 6.86. The van der Waals surface area contributed by atoms with E-state index in [4.69, 9.17) is 0 Å². The SMILES string of the molecule is Oc1ccccc1SCc1cncs1. The van der Waals surface area contributed by atoms with Crippen LogP contribution in [0.5, 0.6) is 5.75 Å². The zero-order valence-corrected chi connectivity index (χ0v) is 9.02. The Morgan fingerprint density at radius 3 is 2.93 bits per heavy atom. The van der Waals surface area contributed by atoms with Crippen LogP contribution < -0.4 is 0 Å². The van der Waals surface area contributed by atoms with Crippen LogP contribution in [-0.2, 0) is 5.75 Å². The smallest absolute Gasteiger partial charge is 0.129 e. The quantitative estimate of drug-likeness (QED) is 0.811. The third-order valence-corrected chi connectivity index (χ3v) is 3.79. The molecule has 2 nitrogen and oxygen atoms in total. The maximum Gasteiger partial charge on any atom is 0.129 e. The van der Waals surface area contributed by atoms with E-state index in [9.17, 15) is 5.11 Å². The van der Waals surface area contributed by atoms with Crippen LogP contribution in [-0.4, -0.2) is 10.1 Å². The van der Waals surface area contributed by atoms with Crippen molar-refractivity contribution in [1.82, 2.24) is 4.98 Å². The Labute approximate surface area is 90.6 Å². The molecule has 0 aliphatic rings. The highest BCUT2D eigenvalue weighted by atomic mass is 32.2. The Balaban J connectivity index is 2.02. The molecular weight excluding hydrogens is 214 g/mol. The van der Waals surface area contributed by atoms with Crippen molar-refractivity contribution in [2.45, 2.75) is 10.6 Å². The van der Waals surface area contributed by atoms with E-state index >= 15 is 0 Å². The topological polar surface area (TPSA) is 33.1 Å². The van der Waals surface area contributed by atoms with Crippen LogP contribution in [0, 0.1) is 0 Å². The average molecular weight is 223 g/mol. The molecule has 0 aliphatic carbocycles. The molecule has 0 bridgehead atoms. The zero-order valence-electron chi connectivity index (χ0n) is 7.38. The van der Waals surface area contributed by atoms with Gasteiger partial charge in [-0.3, -0.25) is 4.98 Å². The fourth-order valence-electron chi connectivity index (χ4n) is 1.04. The number of benzene rings is 1. The highest BCUT2D eigenvalue weighted by molar-refractivity contribution is 7.98. The molecule has 0 amide bonds. The van der Waals surface area contributed by atoms with E-state index in [2.05, 4.69) is 4.98 Å². The van der Waals surface area contributed by atoms with Crippen molar-refractivity contribution in [3.05, 3.63) is 40.8 Å². The van der Waals surface area contributed by atoms with Crippen molar-refractivity contribution in [3.63, 3.8) is 0 Å². The zero-order chi connectivity index (χ0) is 9.80. The van der Waals surface area contributed by atoms with Gasteiger partial charge in [0.15, 0.2) is 0 Å². The van der Waals surface area contributed by atoms with Gasteiger partial charge in [-0.1, -0.05) is 12.1 Å². The summed E-state index contributed by atoms with van der Waals surface area (Å²) in [5.74, 6) is 1.21. The standard InChI is InChI=1S/C10H9NOS2/c12-9-3-1-2-4-10(9)13-6-8-5-11-7-14-8/h1-5,7,12H,6H2. The first kappa shape index (κ1) is 9.55. The van der Waals surface area contributed by atoms with Crippen LogP contribution in [0.1, 0.15) is 4.88 Å². The summed E-state index contributed by atoms with van der Waals surface area (Å²) in [6.07, 6.45) is 1.86. The first-order valence-electron chi connectivity index (χ1n) is 4.14. The number of aromatic hydroxyl groups is 1. The van der Waals surface area contributed by atoms with Gasteiger partial charge in [0.05, 0.1) is 5.51 Å². The molecule has 2 aromatic rings. The van der Waals surface area contributed by atoms with Crippen LogP contribution >= 0.6 is 23.1 Å². The van der Waals surface area contributed by atoms with Crippen LogP contribution in [0.3, 0.4) is 0 Å². The molecule has 0 saturated heterocycles. The molecule has 0 aliphatic heterocycles. The Bertz CT molecular complexity index is 400. The third-order valence-electron chi connectivity index (χ3n) is 1.72. The van der Waals surface area contributed by atoms with Gasteiger partial charge in [-0.05, 0) is 12.1 Å². The van der Waals surface area contributed by atoms with E-state index in [1.165, 1.54) is 4.88 Å². The maximum absolute atomic E-state index is 9.51. The first-order valence-corrected chi connectivity index (χ1v) is 6.01. The van der Waals surface area contributed by atoms with Gasteiger partial charge >= 0.3 is 0 Å². The van der Waals surface area contributed by atoms with Gasteiger partial charge in [-0.25, -0.2) is 0 Å². The number of rotatable bonds is 3. The van der Waals surface area contributed by atoms with Crippen LogP contribution in [0.2, 0.25) is 0 Å². The van der Waals surface area contributed by atoms with Gasteiger partial charge in [0.1, 0.15) is 5.75 Å². The highest BCUT2D eigenvalue weighted by Crippen LogP contribution is 2.30. The molecule has 4 heteroatoms. The molecule has 0 radical (unpaired) electrons. The number of phenolic OH excluding ortho intramolecular Hbond substituents is 1. The van der Waals surface area contributed by atoms with Crippen LogP contribution in [0.15, 0.2) is 40.9 Å². The van der Waals surface area contributed by atoms with Crippen LogP contribution in [0.25, 0.3) is 0 Å². The summed E-state index contributed by atoms with van der Waals surface area (Å²) in [6.45, 7) is 0. The Morgan fingerprint density at radius 1 is 1.36 bits per heavy atom. The van der Waals surface area contributed by atoms with Crippen molar-refractivity contribution in [2.75, 3.05) is 0 Å². The second-order valence-electron chi connectivity index (χ2n) is 2.72. The van der Waals surface area contributed by atoms with E-state index < -0.39 is 0 Å². The predicted molar refractivity (Wildman–Crippen MR) is 59.8 cm³/mol. The van der Waals surface area contributed by atoms with Gasteiger partial charge in [-0.2, -0.15) is 0 Å². The number of aromatic nitrogens is 1. The average Bonchev–Trinajstić information content (AvgIpc) is 2.69. The number of nitrogens with zero attached hydrogens (tertiary/aromatic N) is 1. The van der Waals surface area contributed by atoms with Crippen molar-refractivity contribution in [2.24, 2.45) is 0 Å². The Kier molecular flexibility index (Phi) is 3.06. The molecular formula is C10H9NOS2. The molecule has 1 aromatic carbocycles. The summed E-state index contributed by atoms with van der Waals surface area (Å²) in [5.41, 5.74) is 1.82. The number of hydrogen-bond donors (Lipinski definition) is 1. The lowest BCUT2D eigenvalue weighted by atomic mass is 10.3. The molecule has 14 heavy (non-hydrogen) atoms. The monoisotopic (exact) mass is 223 g/mol. The van der Waals surface area contributed by atoms with Crippen molar-refractivity contribution in [1.29, 1.82) is 0 Å². The molecule has 2 rings (SSSR count). The van der Waals surface area contributed by atoms with Gasteiger partial charge in [-0.15, -0.1) is 23.1 Å². The number of para-hydroxylation sites is 1. The minimum atomic E-state index is 0.349. The van der Waals surface area contributed by atoms with Gasteiger partial charge in [0, 0.05) is 21.7 Å². The minimum Gasteiger partial charge on any atom is -0.507 e. The minimum absolute atomic E-state index is 0.349. The number of thioether (sulfide) groups is 1. The third kappa shape index (κ3) is 2.27. The Hall–Kier alpha value is -1.00. The second kappa shape index (κ2) is 4.48. The summed E-state index contributed by atoms with van der Waals surface area (Å²) in [7, 11) is 0. The van der Waals surface area contributed by atoms with Crippen molar-refractivity contribution in [3.8, 4) is 5.75 Å². The van der Waals surface area contributed by atoms with Crippen molar-refractivity contribution < 1.29 is 5.11 Å². The highest BCUT2D eigenvalue weighted by Gasteiger charge is 2.01. The molecule has 1 heterocycles. The van der Waals surface area contributed by atoms with E-state index in [1.807, 2.05) is 29.9 Å². The molecule has 0 atom stereocenters. The summed E-state index contributed by atoms with van der Waals surface area (Å²) >= 11 is 3.26. The van der Waals surface area contributed by atoms with Crippen LogP contribution in [0.4, 0.5) is 0 Å². The molecule has 0 saturated carbocycles. The molecule has 1 aromatic heterocycles. The fraction of sp³-hybridized carbons (Fsp3) is 0.100. The summed E-state index contributed by atoms with van der Waals surface area (Å²) in [5, 5.41) is 9.51. The normalized spacial score (nSPS) is 10.3.